The predicted molar refractivity (Wildman–Crippen MR) is 85.8 cm³/mol. The lowest BCUT2D eigenvalue weighted by molar-refractivity contribution is 0.479. The number of guanidine groups is 1. The summed E-state index contributed by atoms with van der Waals surface area (Å²) in [6.45, 7) is 2.56. The highest BCUT2D eigenvalue weighted by atomic mass is 32.2. The van der Waals surface area contributed by atoms with E-state index in [1.54, 1.807) is 25.1 Å². The molecule has 0 atom stereocenters. The lowest BCUT2D eigenvalue weighted by Crippen LogP contribution is -2.35. The number of rotatable bonds is 5. The van der Waals surface area contributed by atoms with E-state index in [9.17, 15) is 8.42 Å². The van der Waals surface area contributed by atoms with Gasteiger partial charge in [0.2, 0.25) is 10.0 Å². The molecular weight excluding hydrogens is 288 g/mol. The first-order valence-corrected chi connectivity index (χ1v) is 8.24. The van der Waals surface area contributed by atoms with E-state index in [-0.39, 0.29) is 4.90 Å². The molecule has 0 spiro atoms. The van der Waals surface area contributed by atoms with Crippen LogP contribution in [0.4, 0.5) is 0 Å². The van der Waals surface area contributed by atoms with Crippen LogP contribution in [-0.4, -0.2) is 58.9 Å². The first-order chi connectivity index (χ1) is 9.77. The van der Waals surface area contributed by atoms with Gasteiger partial charge in [-0.15, -0.1) is 0 Å². The summed E-state index contributed by atoms with van der Waals surface area (Å²) in [6.07, 6.45) is 0. The summed E-state index contributed by atoms with van der Waals surface area (Å²) in [6, 6.07) is 6.85. The Balaban J connectivity index is 2.99. The van der Waals surface area contributed by atoms with Gasteiger partial charge in [-0.05, 0) is 17.7 Å². The molecule has 0 unspecified atom stereocenters. The average molecular weight is 312 g/mol. The molecule has 0 heterocycles. The third-order valence-electron chi connectivity index (χ3n) is 2.75. The molecule has 0 aliphatic rings. The first-order valence-electron chi connectivity index (χ1n) is 6.75. The molecule has 1 N–H and O–H groups in total. The normalized spacial score (nSPS) is 11.1. The van der Waals surface area contributed by atoms with Crippen LogP contribution in [0.1, 0.15) is 12.5 Å². The highest BCUT2D eigenvalue weighted by Gasteiger charge is 2.12. The molecule has 6 nitrogen and oxygen atoms in total. The van der Waals surface area contributed by atoms with Crippen molar-refractivity contribution in [3.05, 3.63) is 29.8 Å². The third kappa shape index (κ3) is 5.02. The van der Waals surface area contributed by atoms with Crippen LogP contribution in [0.25, 0.3) is 0 Å². The Morgan fingerprint density at radius 2 is 1.81 bits per heavy atom. The van der Waals surface area contributed by atoms with Gasteiger partial charge in [0.25, 0.3) is 0 Å². The van der Waals surface area contributed by atoms with E-state index in [1.807, 2.05) is 44.1 Å². The fourth-order valence-electron chi connectivity index (χ4n) is 1.93. The van der Waals surface area contributed by atoms with Gasteiger partial charge in [-0.3, -0.25) is 0 Å². The average Bonchev–Trinajstić information content (AvgIpc) is 2.38. The van der Waals surface area contributed by atoms with E-state index in [0.717, 1.165) is 11.5 Å². The molecular formula is C14H24N4O2S. The summed E-state index contributed by atoms with van der Waals surface area (Å²) in [7, 11) is 4.26. The molecule has 0 aromatic heterocycles. The summed E-state index contributed by atoms with van der Waals surface area (Å²) < 4.78 is 26.4. The quantitative estimate of drug-likeness (QED) is 0.650. The number of hydrogen-bond acceptors (Lipinski definition) is 3. The van der Waals surface area contributed by atoms with Crippen LogP contribution < -0.4 is 4.72 Å². The number of hydrogen-bond donors (Lipinski definition) is 1. The van der Waals surface area contributed by atoms with Crippen molar-refractivity contribution in [1.82, 2.24) is 14.5 Å². The number of benzene rings is 1. The minimum Gasteiger partial charge on any atom is -0.349 e. The molecule has 7 heteroatoms. The van der Waals surface area contributed by atoms with E-state index < -0.39 is 10.0 Å². The van der Waals surface area contributed by atoms with Gasteiger partial charge in [-0.2, -0.15) is 0 Å². The van der Waals surface area contributed by atoms with Gasteiger partial charge in [0.1, 0.15) is 0 Å². The molecule has 118 valence electrons. The van der Waals surface area contributed by atoms with Crippen molar-refractivity contribution in [2.45, 2.75) is 18.4 Å². The van der Waals surface area contributed by atoms with E-state index in [0.29, 0.717) is 13.1 Å². The number of aliphatic imine (C=N–C) groups is 1. The Morgan fingerprint density at radius 3 is 2.33 bits per heavy atom. The Labute approximate surface area is 127 Å². The van der Waals surface area contributed by atoms with Gasteiger partial charge in [0.05, 0.1) is 11.4 Å². The lowest BCUT2D eigenvalue weighted by atomic mass is 10.2. The molecule has 0 aliphatic heterocycles. The van der Waals surface area contributed by atoms with Crippen molar-refractivity contribution >= 4 is 16.0 Å². The predicted octanol–water partition coefficient (Wildman–Crippen LogP) is 0.964. The largest absolute Gasteiger partial charge is 0.349 e. The minimum absolute atomic E-state index is 0.272. The van der Waals surface area contributed by atoms with Crippen LogP contribution in [0.3, 0.4) is 0 Å². The fourth-order valence-corrected chi connectivity index (χ4v) is 3.04. The summed E-state index contributed by atoms with van der Waals surface area (Å²) in [5.74, 6) is 0.829. The molecule has 0 saturated heterocycles. The first kappa shape index (κ1) is 17.5. The standard InChI is InChI=1S/C14H24N4O2S/c1-6-16-21(19,20)13-9-7-8-12(10-13)11-15-14(17(2)3)18(4)5/h7-10,16H,6,11H2,1-5H3. The Kier molecular flexibility index (Phi) is 6.17. The molecule has 1 aromatic carbocycles. The van der Waals surface area contributed by atoms with Gasteiger partial charge in [-0.1, -0.05) is 19.1 Å². The van der Waals surface area contributed by atoms with E-state index >= 15 is 0 Å². The van der Waals surface area contributed by atoms with Crippen LogP contribution in [0.15, 0.2) is 34.2 Å². The maximum Gasteiger partial charge on any atom is 0.240 e. The Bertz CT molecular complexity index is 585. The summed E-state index contributed by atoms with van der Waals surface area (Å²) in [4.78, 5) is 8.62. The smallest absolute Gasteiger partial charge is 0.240 e. The van der Waals surface area contributed by atoms with Gasteiger partial charge in [0.15, 0.2) is 5.96 Å². The zero-order valence-corrected chi connectivity index (χ0v) is 14.1. The van der Waals surface area contributed by atoms with Crippen LogP contribution in [0.2, 0.25) is 0 Å². The number of nitrogens with zero attached hydrogens (tertiary/aromatic N) is 3. The van der Waals surface area contributed by atoms with Crippen molar-refractivity contribution in [2.75, 3.05) is 34.7 Å². The summed E-state index contributed by atoms with van der Waals surface area (Å²) in [5, 5.41) is 0. The Hall–Kier alpha value is -1.60. The lowest BCUT2D eigenvalue weighted by Gasteiger charge is -2.22. The van der Waals surface area contributed by atoms with E-state index in [2.05, 4.69) is 9.71 Å². The number of sulfonamides is 1. The zero-order chi connectivity index (χ0) is 16.0. The van der Waals surface area contributed by atoms with Gasteiger partial charge in [0, 0.05) is 34.7 Å². The van der Waals surface area contributed by atoms with Gasteiger partial charge >= 0.3 is 0 Å². The second kappa shape index (κ2) is 7.42. The van der Waals surface area contributed by atoms with Crippen molar-refractivity contribution in [3.8, 4) is 0 Å². The highest BCUT2D eigenvalue weighted by molar-refractivity contribution is 7.89. The monoisotopic (exact) mass is 312 g/mol. The molecule has 0 radical (unpaired) electrons. The molecule has 1 rings (SSSR count). The van der Waals surface area contributed by atoms with Crippen LogP contribution in [0, 0.1) is 0 Å². The molecule has 0 fully saturated rings. The van der Waals surface area contributed by atoms with Crippen molar-refractivity contribution < 1.29 is 8.42 Å². The maximum atomic E-state index is 12.0. The van der Waals surface area contributed by atoms with Crippen molar-refractivity contribution in [1.29, 1.82) is 0 Å². The van der Waals surface area contributed by atoms with Gasteiger partial charge in [-0.25, -0.2) is 18.1 Å². The molecule has 21 heavy (non-hydrogen) atoms. The molecule has 1 aromatic rings. The zero-order valence-electron chi connectivity index (χ0n) is 13.3. The highest BCUT2D eigenvalue weighted by Crippen LogP contribution is 2.12. The van der Waals surface area contributed by atoms with Gasteiger partial charge < -0.3 is 9.80 Å². The third-order valence-corrected chi connectivity index (χ3v) is 4.29. The SMILES string of the molecule is CCNS(=O)(=O)c1cccc(CN=C(N(C)C)N(C)C)c1. The van der Waals surface area contributed by atoms with E-state index in [1.165, 1.54) is 0 Å². The Morgan fingerprint density at radius 1 is 1.19 bits per heavy atom. The minimum atomic E-state index is -3.42. The molecule has 0 aliphatic carbocycles. The van der Waals surface area contributed by atoms with Crippen molar-refractivity contribution in [2.24, 2.45) is 4.99 Å². The fraction of sp³-hybridized carbons (Fsp3) is 0.500. The second-order valence-electron chi connectivity index (χ2n) is 5.05. The van der Waals surface area contributed by atoms with Crippen LogP contribution in [0.5, 0.6) is 0 Å². The second-order valence-corrected chi connectivity index (χ2v) is 6.82. The summed E-state index contributed by atoms with van der Waals surface area (Å²) in [5.41, 5.74) is 0.857. The molecule has 0 saturated carbocycles. The van der Waals surface area contributed by atoms with E-state index in [4.69, 9.17) is 0 Å². The van der Waals surface area contributed by atoms with Crippen LogP contribution in [-0.2, 0) is 16.6 Å². The summed E-state index contributed by atoms with van der Waals surface area (Å²) >= 11 is 0. The molecule has 0 amide bonds. The van der Waals surface area contributed by atoms with Crippen molar-refractivity contribution in [3.63, 3.8) is 0 Å². The topological polar surface area (TPSA) is 65.0 Å². The maximum absolute atomic E-state index is 12.0. The molecule has 0 bridgehead atoms. The number of nitrogens with one attached hydrogen (secondary N) is 1. The van der Waals surface area contributed by atoms with Crippen LogP contribution >= 0.6 is 0 Å².